The standard InChI is InChI=1S/C9H20N2O2S/c1-2-14(12,13)11-8-4-3-5-9(11)6-7-10/h9H,2-8,10H2,1H3. The van der Waals surface area contributed by atoms with Crippen LogP contribution in [0.5, 0.6) is 0 Å². The Morgan fingerprint density at radius 2 is 2.14 bits per heavy atom. The van der Waals surface area contributed by atoms with Crippen LogP contribution in [-0.4, -0.2) is 37.6 Å². The van der Waals surface area contributed by atoms with Crippen LogP contribution in [0.3, 0.4) is 0 Å². The summed E-state index contributed by atoms with van der Waals surface area (Å²) in [6.45, 7) is 2.95. The van der Waals surface area contributed by atoms with Crippen LogP contribution in [0.15, 0.2) is 0 Å². The van der Waals surface area contributed by atoms with Gasteiger partial charge in [-0.2, -0.15) is 4.31 Å². The van der Waals surface area contributed by atoms with Gasteiger partial charge in [-0.1, -0.05) is 6.42 Å². The van der Waals surface area contributed by atoms with Gasteiger partial charge in [0.15, 0.2) is 0 Å². The van der Waals surface area contributed by atoms with Crippen LogP contribution in [0, 0.1) is 0 Å². The lowest BCUT2D eigenvalue weighted by atomic mass is 10.0. The van der Waals surface area contributed by atoms with Gasteiger partial charge in [0.1, 0.15) is 0 Å². The van der Waals surface area contributed by atoms with Crippen LogP contribution in [-0.2, 0) is 10.0 Å². The van der Waals surface area contributed by atoms with Gasteiger partial charge in [0.05, 0.1) is 5.75 Å². The minimum atomic E-state index is -3.01. The molecule has 84 valence electrons. The van der Waals surface area contributed by atoms with E-state index in [-0.39, 0.29) is 11.8 Å². The average Bonchev–Trinajstić information content (AvgIpc) is 2.19. The van der Waals surface area contributed by atoms with E-state index in [4.69, 9.17) is 5.73 Å². The van der Waals surface area contributed by atoms with Crippen LogP contribution in [0.1, 0.15) is 32.6 Å². The highest BCUT2D eigenvalue weighted by Crippen LogP contribution is 2.22. The third-order valence-electron chi connectivity index (χ3n) is 2.80. The van der Waals surface area contributed by atoms with Gasteiger partial charge >= 0.3 is 0 Å². The molecule has 1 heterocycles. The fourth-order valence-electron chi connectivity index (χ4n) is 1.99. The first-order chi connectivity index (χ1) is 6.61. The highest BCUT2D eigenvalue weighted by molar-refractivity contribution is 7.89. The first kappa shape index (κ1) is 11.9. The summed E-state index contributed by atoms with van der Waals surface area (Å²) >= 11 is 0. The molecule has 1 fully saturated rings. The van der Waals surface area contributed by atoms with Gasteiger partial charge in [-0.3, -0.25) is 0 Å². The maximum atomic E-state index is 11.7. The lowest BCUT2D eigenvalue weighted by Crippen LogP contribution is -2.45. The molecule has 1 atom stereocenters. The molecule has 0 saturated carbocycles. The molecular weight excluding hydrogens is 200 g/mol. The first-order valence-electron chi connectivity index (χ1n) is 5.31. The van der Waals surface area contributed by atoms with Crippen molar-refractivity contribution >= 4 is 10.0 Å². The lowest BCUT2D eigenvalue weighted by molar-refractivity contribution is 0.243. The van der Waals surface area contributed by atoms with E-state index < -0.39 is 10.0 Å². The summed E-state index contributed by atoms with van der Waals surface area (Å²) in [5, 5.41) is 0. The van der Waals surface area contributed by atoms with Crippen molar-refractivity contribution in [2.45, 2.75) is 38.6 Å². The second-order valence-electron chi connectivity index (χ2n) is 3.74. The second-order valence-corrected chi connectivity index (χ2v) is 5.95. The number of rotatable bonds is 4. The van der Waals surface area contributed by atoms with Crippen LogP contribution in [0.4, 0.5) is 0 Å². The molecule has 0 aromatic carbocycles. The van der Waals surface area contributed by atoms with Crippen molar-refractivity contribution in [3.63, 3.8) is 0 Å². The summed E-state index contributed by atoms with van der Waals surface area (Å²) in [5.74, 6) is 0.202. The zero-order chi connectivity index (χ0) is 10.6. The zero-order valence-electron chi connectivity index (χ0n) is 8.78. The quantitative estimate of drug-likeness (QED) is 0.752. The number of hydrogen-bond donors (Lipinski definition) is 1. The SMILES string of the molecule is CCS(=O)(=O)N1CCCCC1CCN. The molecule has 0 spiro atoms. The largest absolute Gasteiger partial charge is 0.330 e. The van der Waals surface area contributed by atoms with Gasteiger partial charge in [-0.15, -0.1) is 0 Å². The molecule has 14 heavy (non-hydrogen) atoms. The summed E-state index contributed by atoms with van der Waals surface area (Å²) in [6.07, 6.45) is 3.87. The molecule has 0 aliphatic carbocycles. The summed E-state index contributed by atoms with van der Waals surface area (Å²) in [5.41, 5.74) is 5.48. The first-order valence-corrected chi connectivity index (χ1v) is 6.92. The molecule has 2 N–H and O–H groups in total. The van der Waals surface area contributed by atoms with E-state index in [0.29, 0.717) is 13.1 Å². The number of nitrogens with two attached hydrogens (primary N) is 1. The molecule has 1 aliphatic rings. The topological polar surface area (TPSA) is 63.4 Å². The Morgan fingerprint density at radius 1 is 1.43 bits per heavy atom. The molecule has 1 unspecified atom stereocenters. The fourth-order valence-corrected chi connectivity index (χ4v) is 3.39. The Labute approximate surface area is 86.5 Å². The smallest absolute Gasteiger partial charge is 0.214 e. The normalized spacial score (nSPS) is 25.1. The van der Waals surface area contributed by atoms with Crippen molar-refractivity contribution in [3.05, 3.63) is 0 Å². The van der Waals surface area contributed by atoms with Gasteiger partial charge < -0.3 is 5.73 Å². The van der Waals surface area contributed by atoms with E-state index >= 15 is 0 Å². The van der Waals surface area contributed by atoms with E-state index in [2.05, 4.69) is 0 Å². The lowest BCUT2D eigenvalue weighted by Gasteiger charge is -2.34. The Morgan fingerprint density at radius 3 is 2.71 bits per heavy atom. The Balaban J connectivity index is 2.72. The van der Waals surface area contributed by atoms with E-state index in [1.54, 1.807) is 11.2 Å². The summed E-state index contributed by atoms with van der Waals surface area (Å²) < 4.78 is 25.1. The predicted octanol–water partition coefficient (Wildman–Crippen LogP) is 0.539. The molecule has 5 heteroatoms. The molecule has 0 bridgehead atoms. The molecule has 0 amide bonds. The van der Waals surface area contributed by atoms with E-state index in [1.165, 1.54) is 0 Å². The maximum absolute atomic E-state index is 11.7. The Hall–Kier alpha value is -0.130. The van der Waals surface area contributed by atoms with Crippen molar-refractivity contribution in [1.82, 2.24) is 4.31 Å². The molecule has 0 radical (unpaired) electrons. The van der Waals surface area contributed by atoms with Gasteiger partial charge in [-0.05, 0) is 32.7 Å². The second kappa shape index (κ2) is 5.09. The summed E-state index contributed by atoms with van der Waals surface area (Å²) in [7, 11) is -3.01. The van der Waals surface area contributed by atoms with Crippen molar-refractivity contribution in [1.29, 1.82) is 0 Å². The third kappa shape index (κ3) is 2.68. The Bertz CT molecular complexity index is 262. The van der Waals surface area contributed by atoms with Crippen LogP contribution >= 0.6 is 0 Å². The molecule has 1 rings (SSSR count). The predicted molar refractivity (Wildman–Crippen MR) is 57.5 cm³/mol. The minimum absolute atomic E-state index is 0.152. The van der Waals surface area contributed by atoms with Crippen molar-refractivity contribution in [3.8, 4) is 0 Å². The molecule has 4 nitrogen and oxygen atoms in total. The molecule has 0 aromatic rings. The highest BCUT2D eigenvalue weighted by atomic mass is 32.2. The highest BCUT2D eigenvalue weighted by Gasteiger charge is 2.30. The minimum Gasteiger partial charge on any atom is -0.330 e. The molecular formula is C9H20N2O2S. The molecule has 1 saturated heterocycles. The monoisotopic (exact) mass is 220 g/mol. The van der Waals surface area contributed by atoms with Crippen LogP contribution < -0.4 is 5.73 Å². The number of piperidine rings is 1. The Kier molecular flexibility index (Phi) is 4.34. The van der Waals surface area contributed by atoms with Crippen LogP contribution in [0.2, 0.25) is 0 Å². The summed E-state index contributed by atoms with van der Waals surface area (Å²) in [6, 6.07) is 0.152. The van der Waals surface area contributed by atoms with E-state index in [0.717, 1.165) is 25.7 Å². The third-order valence-corrected chi connectivity index (χ3v) is 4.72. The average molecular weight is 220 g/mol. The van der Waals surface area contributed by atoms with Gasteiger partial charge in [-0.25, -0.2) is 8.42 Å². The molecule has 1 aliphatic heterocycles. The number of sulfonamides is 1. The molecule has 0 aromatic heterocycles. The van der Waals surface area contributed by atoms with E-state index in [9.17, 15) is 8.42 Å². The number of nitrogens with zero attached hydrogens (tertiary/aromatic N) is 1. The summed E-state index contributed by atoms with van der Waals surface area (Å²) in [4.78, 5) is 0. The van der Waals surface area contributed by atoms with Crippen LogP contribution in [0.25, 0.3) is 0 Å². The fraction of sp³-hybridized carbons (Fsp3) is 1.00. The van der Waals surface area contributed by atoms with Crippen molar-refractivity contribution < 1.29 is 8.42 Å². The van der Waals surface area contributed by atoms with Crippen molar-refractivity contribution in [2.24, 2.45) is 5.73 Å². The van der Waals surface area contributed by atoms with E-state index in [1.807, 2.05) is 0 Å². The maximum Gasteiger partial charge on any atom is 0.214 e. The zero-order valence-corrected chi connectivity index (χ0v) is 9.59. The van der Waals surface area contributed by atoms with Gasteiger partial charge in [0.2, 0.25) is 10.0 Å². The van der Waals surface area contributed by atoms with Gasteiger partial charge in [0, 0.05) is 12.6 Å². The number of hydrogen-bond acceptors (Lipinski definition) is 3. The van der Waals surface area contributed by atoms with Crippen molar-refractivity contribution in [2.75, 3.05) is 18.8 Å². The van der Waals surface area contributed by atoms with Gasteiger partial charge in [0.25, 0.3) is 0 Å².